The summed E-state index contributed by atoms with van der Waals surface area (Å²) in [6.07, 6.45) is 8.14. The molecule has 3 rings (SSSR count). The number of ether oxygens (including phenoxy) is 2. The van der Waals surface area contributed by atoms with E-state index in [1.807, 2.05) is 48.2 Å². The van der Waals surface area contributed by atoms with Crippen LogP contribution < -0.4 is 9.47 Å². The number of nitrogens with zero attached hydrogens (tertiary/aromatic N) is 2. The summed E-state index contributed by atoms with van der Waals surface area (Å²) in [5, 5.41) is 0. The SMILES string of the molecule is CN(C)C/C=C/C(=O)N(Cc1ccc2c(c1)OCO2)C1(C)CCCC1. The lowest BCUT2D eigenvalue weighted by molar-refractivity contribution is -0.132. The van der Waals surface area contributed by atoms with Gasteiger partial charge in [-0.05, 0) is 51.6 Å². The fourth-order valence-electron chi connectivity index (χ4n) is 3.62. The maximum atomic E-state index is 12.9. The standard InChI is InChI=1S/C20H28N2O3/c1-20(10-4-5-11-20)22(19(23)7-6-12-21(2)3)14-16-8-9-17-18(13-16)25-15-24-17/h6-9,13H,4-5,10-12,14-15H2,1-3H3/b7-6+. The van der Waals surface area contributed by atoms with E-state index < -0.39 is 0 Å². The Bertz CT molecular complexity index is 648. The number of likely N-dealkylation sites (N-methyl/N-ethyl adjacent to an activating group) is 1. The Morgan fingerprint density at radius 2 is 1.92 bits per heavy atom. The molecule has 0 radical (unpaired) electrons. The first kappa shape index (κ1) is 17.8. The summed E-state index contributed by atoms with van der Waals surface area (Å²) in [6.45, 7) is 3.84. The summed E-state index contributed by atoms with van der Waals surface area (Å²) in [5.74, 6) is 1.63. The van der Waals surface area contributed by atoms with Gasteiger partial charge in [0, 0.05) is 24.7 Å². The minimum Gasteiger partial charge on any atom is -0.454 e. The third-order valence-corrected chi connectivity index (χ3v) is 5.11. The van der Waals surface area contributed by atoms with Crippen molar-refractivity contribution in [2.24, 2.45) is 0 Å². The second-order valence-corrected chi connectivity index (χ2v) is 7.48. The zero-order chi connectivity index (χ0) is 17.9. The molecule has 0 atom stereocenters. The van der Waals surface area contributed by atoms with Crippen molar-refractivity contribution in [3.05, 3.63) is 35.9 Å². The molecular weight excluding hydrogens is 316 g/mol. The van der Waals surface area contributed by atoms with Gasteiger partial charge in [0.15, 0.2) is 11.5 Å². The molecule has 1 aliphatic carbocycles. The number of fused-ring (bicyclic) bond motifs is 1. The molecule has 1 saturated carbocycles. The van der Waals surface area contributed by atoms with E-state index in [0.29, 0.717) is 6.54 Å². The third kappa shape index (κ3) is 4.15. The molecule has 1 amide bonds. The summed E-state index contributed by atoms with van der Waals surface area (Å²) in [4.78, 5) is 17.0. The highest BCUT2D eigenvalue weighted by atomic mass is 16.7. The lowest BCUT2D eigenvalue weighted by atomic mass is 9.96. The summed E-state index contributed by atoms with van der Waals surface area (Å²) in [5.41, 5.74) is 1.00. The molecular formula is C20H28N2O3. The van der Waals surface area contributed by atoms with Gasteiger partial charge < -0.3 is 19.3 Å². The van der Waals surface area contributed by atoms with Crippen molar-refractivity contribution < 1.29 is 14.3 Å². The van der Waals surface area contributed by atoms with Gasteiger partial charge in [0.1, 0.15) is 0 Å². The predicted octanol–water partition coefficient (Wildman–Crippen LogP) is 3.19. The number of hydrogen-bond acceptors (Lipinski definition) is 4. The van der Waals surface area contributed by atoms with Gasteiger partial charge in [-0.1, -0.05) is 25.0 Å². The number of carbonyl (C=O) groups is 1. The Morgan fingerprint density at radius 3 is 2.64 bits per heavy atom. The van der Waals surface area contributed by atoms with Crippen molar-refractivity contribution in [2.45, 2.75) is 44.7 Å². The van der Waals surface area contributed by atoms with Gasteiger partial charge in [-0.25, -0.2) is 0 Å². The van der Waals surface area contributed by atoms with Crippen molar-refractivity contribution in [3.8, 4) is 11.5 Å². The summed E-state index contributed by atoms with van der Waals surface area (Å²) >= 11 is 0. The van der Waals surface area contributed by atoms with Gasteiger partial charge in [0.05, 0.1) is 0 Å². The molecule has 0 unspecified atom stereocenters. The number of carbonyl (C=O) groups excluding carboxylic acids is 1. The van der Waals surface area contributed by atoms with Crippen molar-refractivity contribution in [1.29, 1.82) is 0 Å². The van der Waals surface area contributed by atoms with Crippen LogP contribution in [0.1, 0.15) is 38.2 Å². The molecule has 5 nitrogen and oxygen atoms in total. The molecule has 5 heteroatoms. The Kier molecular flexibility index (Phi) is 5.33. The molecule has 0 bridgehead atoms. The van der Waals surface area contributed by atoms with Crippen LogP contribution in [0, 0.1) is 0 Å². The molecule has 0 aromatic heterocycles. The van der Waals surface area contributed by atoms with E-state index >= 15 is 0 Å². The van der Waals surface area contributed by atoms with Crippen molar-refractivity contribution in [3.63, 3.8) is 0 Å². The number of amides is 1. The van der Waals surface area contributed by atoms with Crippen LogP contribution in [0.2, 0.25) is 0 Å². The van der Waals surface area contributed by atoms with E-state index in [-0.39, 0.29) is 18.2 Å². The largest absolute Gasteiger partial charge is 0.454 e. The monoisotopic (exact) mass is 344 g/mol. The van der Waals surface area contributed by atoms with E-state index in [2.05, 4.69) is 6.92 Å². The Morgan fingerprint density at radius 1 is 1.20 bits per heavy atom. The quantitative estimate of drug-likeness (QED) is 0.743. The number of rotatable bonds is 6. The van der Waals surface area contributed by atoms with E-state index in [1.165, 1.54) is 12.8 Å². The van der Waals surface area contributed by atoms with Gasteiger partial charge in [0.2, 0.25) is 12.7 Å². The average Bonchev–Trinajstić information content (AvgIpc) is 3.21. The second kappa shape index (κ2) is 7.48. The molecule has 2 aliphatic rings. The van der Waals surface area contributed by atoms with Gasteiger partial charge in [0.25, 0.3) is 0 Å². The van der Waals surface area contributed by atoms with Crippen LogP contribution in [0.4, 0.5) is 0 Å². The number of hydrogen-bond donors (Lipinski definition) is 0. The topological polar surface area (TPSA) is 42.0 Å². The van der Waals surface area contributed by atoms with Gasteiger partial charge in [-0.15, -0.1) is 0 Å². The second-order valence-electron chi connectivity index (χ2n) is 7.48. The lowest BCUT2D eigenvalue weighted by Crippen LogP contribution is -2.46. The molecule has 0 saturated heterocycles. The van der Waals surface area contributed by atoms with Crippen molar-refractivity contribution in [2.75, 3.05) is 27.4 Å². The van der Waals surface area contributed by atoms with E-state index in [0.717, 1.165) is 36.4 Å². The molecule has 1 aromatic rings. The summed E-state index contributed by atoms with van der Waals surface area (Å²) < 4.78 is 10.9. The van der Waals surface area contributed by atoms with Crippen LogP contribution in [0.5, 0.6) is 11.5 Å². The highest BCUT2D eigenvalue weighted by Gasteiger charge is 2.37. The molecule has 1 aliphatic heterocycles. The maximum absolute atomic E-state index is 12.9. The van der Waals surface area contributed by atoms with E-state index in [4.69, 9.17) is 9.47 Å². The van der Waals surface area contributed by atoms with Gasteiger partial charge in [-0.2, -0.15) is 0 Å². The fraction of sp³-hybridized carbons (Fsp3) is 0.550. The van der Waals surface area contributed by atoms with Gasteiger partial charge >= 0.3 is 0 Å². The molecule has 1 fully saturated rings. The van der Waals surface area contributed by atoms with Gasteiger partial charge in [-0.3, -0.25) is 4.79 Å². The van der Waals surface area contributed by atoms with Crippen LogP contribution >= 0.6 is 0 Å². The fourth-order valence-corrected chi connectivity index (χ4v) is 3.62. The Labute approximate surface area is 150 Å². The molecule has 136 valence electrons. The Hall–Kier alpha value is -2.01. The van der Waals surface area contributed by atoms with Crippen LogP contribution in [0.3, 0.4) is 0 Å². The average molecular weight is 344 g/mol. The Balaban J connectivity index is 1.79. The number of benzene rings is 1. The normalized spacial score (nSPS) is 18.2. The zero-order valence-corrected chi connectivity index (χ0v) is 15.5. The van der Waals surface area contributed by atoms with Crippen molar-refractivity contribution >= 4 is 5.91 Å². The minimum atomic E-state index is -0.0735. The summed E-state index contributed by atoms with van der Waals surface area (Å²) in [6, 6.07) is 5.94. The van der Waals surface area contributed by atoms with E-state index in [1.54, 1.807) is 6.08 Å². The molecule has 0 N–H and O–H groups in total. The van der Waals surface area contributed by atoms with Crippen LogP contribution in [0.25, 0.3) is 0 Å². The van der Waals surface area contributed by atoms with Crippen molar-refractivity contribution in [1.82, 2.24) is 9.80 Å². The minimum absolute atomic E-state index is 0.0735. The van der Waals surface area contributed by atoms with Crippen LogP contribution in [0.15, 0.2) is 30.4 Å². The smallest absolute Gasteiger partial charge is 0.247 e. The maximum Gasteiger partial charge on any atom is 0.247 e. The summed E-state index contributed by atoms with van der Waals surface area (Å²) in [7, 11) is 4.00. The zero-order valence-electron chi connectivity index (χ0n) is 15.5. The highest BCUT2D eigenvalue weighted by Crippen LogP contribution is 2.38. The molecule has 1 heterocycles. The molecule has 0 spiro atoms. The third-order valence-electron chi connectivity index (χ3n) is 5.11. The molecule has 25 heavy (non-hydrogen) atoms. The lowest BCUT2D eigenvalue weighted by Gasteiger charge is -2.38. The van der Waals surface area contributed by atoms with Crippen LogP contribution in [-0.2, 0) is 11.3 Å². The van der Waals surface area contributed by atoms with Crippen LogP contribution in [-0.4, -0.2) is 48.7 Å². The first-order valence-corrected chi connectivity index (χ1v) is 8.99. The first-order chi connectivity index (χ1) is 12.0. The van der Waals surface area contributed by atoms with E-state index in [9.17, 15) is 4.79 Å². The predicted molar refractivity (Wildman–Crippen MR) is 97.7 cm³/mol. The first-order valence-electron chi connectivity index (χ1n) is 8.99. The highest BCUT2D eigenvalue weighted by molar-refractivity contribution is 5.88. The molecule has 1 aromatic carbocycles.